The van der Waals surface area contributed by atoms with Gasteiger partial charge in [0.15, 0.2) is 0 Å². The summed E-state index contributed by atoms with van der Waals surface area (Å²) in [6.45, 7) is 13.7. The molecule has 1 aromatic heterocycles. The molecule has 0 N–H and O–H groups in total. The monoisotopic (exact) mass is 350 g/mol. The van der Waals surface area contributed by atoms with Crippen molar-refractivity contribution in [3.8, 4) is 10.4 Å². The maximum absolute atomic E-state index is 3.56. The van der Waals surface area contributed by atoms with Crippen LogP contribution in [0.5, 0.6) is 0 Å². The van der Waals surface area contributed by atoms with E-state index < -0.39 is 0 Å². The Hall–Kier alpha value is -0.600. The van der Waals surface area contributed by atoms with Crippen LogP contribution in [0, 0.1) is 0 Å². The van der Waals surface area contributed by atoms with E-state index in [9.17, 15) is 0 Å². The molecule has 0 saturated carbocycles. The average molecular weight is 351 g/mol. The smallest absolute Gasteiger partial charge is 0.0705 e. The van der Waals surface area contributed by atoms with Crippen LogP contribution in [-0.2, 0) is 10.8 Å². The first-order chi connectivity index (χ1) is 9.07. The summed E-state index contributed by atoms with van der Waals surface area (Å²) in [7, 11) is 0. The summed E-state index contributed by atoms with van der Waals surface area (Å²) in [4.78, 5) is 1.33. The highest BCUT2D eigenvalue weighted by Gasteiger charge is 2.21. The Labute approximate surface area is 135 Å². The summed E-state index contributed by atoms with van der Waals surface area (Å²) in [6, 6.07) is 11.4. The minimum Gasteiger partial charge on any atom is -0.128 e. The molecule has 0 spiro atoms. The van der Waals surface area contributed by atoms with E-state index in [1.54, 1.807) is 11.3 Å². The maximum Gasteiger partial charge on any atom is 0.0705 e. The third-order valence-electron chi connectivity index (χ3n) is 3.52. The first kappa shape index (κ1) is 15.8. The zero-order chi connectivity index (χ0) is 15.1. The molecular formula is C18H23BrS. The van der Waals surface area contributed by atoms with Gasteiger partial charge >= 0.3 is 0 Å². The zero-order valence-corrected chi connectivity index (χ0v) is 15.6. The van der Waals surface area contributed by atoms with Crippen molar-refractivity contribution in [1.29, 1.82) is 0 Å². The van der Waals surface area contributed by atoms with Gasteiger partial charge in [-0.05, 0) is 67.7 Å². The second-order valence-corrected chi connectivity index (χ2v) is 9.87. The Morgan fingerprint density at radius 1 is 0.800 bits per heavy atom. The van der Waals surface area contributed by atoms with Crippen LogP contribution in [0.15, 0.2) is 34.1 Å². The molecule has 0 amide bonds. The lowest BCUT2D eigenvalue weighted by Crippen LogP contribution is -2.16. The minimum absolute atomic E-state index is 0.171. The van der Waals surface area contributed by atoms with Gasteiger partial charge in [0, 0.05) is 4.88 Å². The van der Waals surface area contributed by atoms with E-state index in [4.69, 9.17) is 0 Å². The molecule has 1 heterocycles. The molecule has 0 nitrogen and oxygen atoms in total. The molecule has 0 radical (unpaired) electrons. The summed E-state index contributed by atoms with van der Waals surface area (Å²) < 4.78 is 1.19. The van der Waals surface area contributed by atoms with Crippen LogP contribution in [0.1, 0.15) is 52.7 Å². The van der Waals surface area contributed by atoms with Crippen molar-refractivity contribution in [2.45, 2.75) is 52.4 Å². The van der Waals surface area contributed by atoms with Crippen molar-refractivity contribution in [2.24, 2.45) is 0 Å². The summed E-state index contributed by atoms with van der Waals surface area (Å²) in [5.74, 6) is 0. The second kappa shape index (κ2) is 5.31. The third kappa shape index (κ3) is 3.53. The molecule has 0 bridgehead atoms. The van der Waals surface area contributed by atoms with Gasteiger partial charge in [0.25, 0.3) is 0 Å². The first-order valence-electron chi connectivity index (χ1n) is 6.99. The van der Waals surface area contributed by atoms with Crippen LogP contribution in [-0.4, -0.2) is 0 Å². The molecule has 0 aliphatic heterocycles. The van der Waals surface area contributed by atoms with E-state index in [1.165, 1.54) is 25.4 Å². The van der Waals surface area contributed by atoms with Gasteiger partial charge in [0.05, 0.1) is 3.79 Å². The van der Waals surface area contributed by atoms with Gasteiger partial charge in [-0.2, -0.15) is 0 Å². The molecule has 0 unspecified atom stereocenters. The van der Waals surface area contributed by atoms with Gasteiger partial charge < -0.3 is 0 Å². The van der Waals surface area contributed by atoms with Crippen LogP contribution < -0.4 is 0 Å². The van der Waals surface area contributed by atoms with Crippen LogP contribution >= 0.6 is 27.3 Å². The lowest BCUT2D eigenvalue weighted by atomic mass is 9.79. The Balaban J connectivity index is 2.63. The number of rotatable bonds is 1. The first-order valence-corrected chi connectivity index (χ1v) is 8.60. The highest BCUT2D eigenvalue weighted by Crippen LogP contribution is 2.37. The normalized spacial score (nSPS) is 12.8. The number of halogens is 1. The van der Waals surface area contributed by atoms with Crippen molar-refractivity contribution in [3.63, 3.8) is 0 Å². The summed E-state index contributed by atoms with van der Waals surface area (Å²) >= 11 is 5.36. The van der Waals surface area contributed by atoms with E-state index in [2.05, 4.69) is 87.8 Å². The van der Waals surface area contributed by atoms with Crippen molar-refractivity contribution < 1.29 is 0 Å². The average Bonchev–Trinajstić information content (AvgIpc) is 2.73. The van der Waals surface area contributed by atoms with Gasteiger partial charge in [0.1, 0.15) is 0 Å². The highest BCUT2D eigenvalue weighted by atomic mass is 79.9. The summed E-state index contributed by atoms with van der Waals surface area (Å²) in [5, 5.41) is 0. The van der Waals surface area contributed by atoms with E-state index in [1.807, 2.05) is 0 Å². The fourth-order valence-electron chi connectivity index (χ4n) is 2.11. The van der Waals surface area contributed by atoms with Gasteiger partial charge in [-0.15, -0.1) is 11.3 Å². The number of hydrogen-bond acceptors (Lipinski definition) is 1. The van der Waals surface area contributed by atoms with E-state index in [-0.39, 0.29) is 10.8 Å². The minimum atomic E-state index is 0.171. The quantitative estimate of drug-likeness (QED) is 0.532. The molecule has 2 aromatic rings. The second-order valence-electron chi connectivity index (χ2n) is 7.40. The standard InChI is InChI=1S/C18H23BrS/c1-17(2,3)13-9-12(15-7-8-16(19)20-15)10-14(11-13)18(4,5)6/h7-11H,1-6H3. The maximum atomic E-state index is 3.56. The van der Waals surface area contributed by atoms with Gasteiger partial charge in [-0.1, -0.05) is 47.6 Å². The van der Waals surface area contributed by atoms with Gasteiger partial charge in [0.2, 0.25) is 0 Å². The molecule has 108 valence electrons. The van der Waals surface area contributed by atoms with Crippen LogP contribution in [0.2, 0.25) is 0 Å². The topological polar surface area (TPSA) is 0 Å². The SMILES string of the molecule is CC(C)(C)c1cc(-c2ccc(Br)s2)cc(C(C)(C)C)c1. The number of hydrogen-bond donors (Lipinski definition) is 0. The summed E-state index contributed by atoms with van der Waals surface area (Å²) in [5.41, 5.74) is 4.49. The lowest BCUT2D eigenvalue weighted by molar-refractivity contribution is 0.569. The van der Waals surface area contributed by atoms with Crippen molar-refractivity contribution in [2.75, 3.05) is 0 Å². The molecule has 2 heteroatoms. The van der Waals surface area contributed by atoms with Crippen molar-refractivity contribution >= 4 is 27.3 Å². The van der Waals surface area contributed by atoms with Crippen LogP contribution in [0.4, 0.5) is 0 Å². The molecule has 0 fully saturated rings. The predicted octanol–water partition coefficient (Wildman–Crippen LogP) is 6.77. The fraction of sp³-hybridized carbons (Fsp3) is 0.444. The summed E-state index contributed by atoms with van der Waals surface area (Å²) in [6.07, 6.45) is 0. The number of benzene rings is 1. The zero-order valence-electron chi connectivity index (χ0n) is 13.2. The lowest BCUT2D eigenvalue weighted by Gasteiger charge is -2.26. The Bertz CT molecular complexity index is 577. The predicted molar refractivity (Wildman–Crippen MR) is 94.9 cm³/mol. The Morgan fingerprint density at radius 2 is 1.30 bits per heavy atom. The fourth-order valence-corrected chi connectivity index (χ4v) is 3.48. The number of thiophene rings is 1. The molecule has 2 rings (SSSR count). The van der Waals surface area contributed by atoms with Crippen molar-refractivity contribution in [1.82, 2.24) is 0 Å². The molecule has 0 atom stereocenters. The van der Waals surface area contributed by atoms with E-state index in [0.717, 1.165) is 0 Å². The van der Waals surface area contributed by atoms with Crippen molar-refractivity contribution in [3.05, 3.63) is 45.2 Å². The molecule has 0 aliphatic rings. The highest BCUT2D eigenvalue weighted by molar-refractivity contribution is 9.11. The third-order valence-corrected chi connectivity index (χ3v) is 5.20. The van der Waals surface area contributed by atoms with E-state index >= 15 is 0 Å². The molecule has 0 aliphatic carbocycles. The largest absolute Gasteiger partial charge is 0.128 e. The molecule has 0 saturated heterocycles. The Kier molecular flexibility index (Phi) is 4.19. The molecule has 1 aromatic carbocycles. The Morgan fingerprint density at radius 3 is 1.65 bits per heavy atom. The van der Waals surface area contributed by atoms with Gasteiger partial charge in [-0.3, -0.25) is 0 Å². The van der Waals surface area contributed by atoms with E-state index in [0.29, 0.717) is 0 Å². The van der Waals surface area contributed by atoms with Gasteiger partial charge in [-0.25, -0.2) is 0 Å². The van der Waals surface area contributed by atoms with Crippen LogP contribution in [0.3, 0.4) is 0 Å². The molecule has 20 heavy (non-hydrogen) atoms. The molecular weight excluding hydrogens is 328 g/mol. The van der Waals surface area contributed by atoms with Crippen LogP contribution in [0.25, 0.3) is 10.4 Å².